The van der Waals surface area contributed by atoms with Gasteiger partial charge in [-0.05, 0) is 43.0 Å². The Morgan fingerprint density at radius 3 is 2.82 bits per heavy atom. The molecule has 6 nitrogen and oxygen atoms in total. The van der Waals surface area contributed by atoms with Gasteiger partial charge in [-0.2, -0.15) is 0 Å². The molecule has 0 saturated carbocycles. The Hall–Kier alpha value is -2.15. The summed E-state index contributed by atoms with van der Waals surface area (Å²) in [6.45, 7) is 2.18. The fraction of sp³-hybridized carbons (Fsp3) is 0.467. The lowest BCUT2D eigenvalue weighted by atomic mass is 9.89. The molecule has 2 atom stereocenters. The van der Waals surface area contributed by atoms with Crippen molar-refractivity contribution in [1.82, 2.24) is 10.2 Å². The number of nitrogens with zero attached hydrogens (tertiary/aromatic N) is 1. The van der Waals surface area contributed by atoms with E-state index in [0.717, 1.165) is 5.56 Å². The summed E-state index contributed by atoms with van der Waals surface area (Å²) in [5, 5.41) is 12.4. The average molecular weight is 309 g/mol. The topological polar surface area (TPSA) is 95.7 Å². The van der Waals surface area contributed by atoms with Crippen molar-refractivity contribution in [1.29, 1.82) is 0 Å². The van der Waals surface area contributed by atoms with Gasteiger partial charge in [0.1, 0.15) is 5.82 Å². The number of rotatable bonds is 4. The summed E-state index contributed by atoms with van der Waals surface area (Å²) < 4.78 is 13.3. The number of nitrogens with one attached hydrogen (secondary N) is 1. The standard InChI is InChI=1S/C15H20FN3O3/c1-9-6-10(16)2-3-12(9)13-7-11(18-8-14(17)20)4-5-19(13)15(21)22/h2-3,6,11,13,18H,4-5,7-8H2,1H3,(H2,17,20)(H,21,22)/t11-,13-/m1/s1. The van der Waals surface area contributed by atoms with Gasteiger partial charge in [-0.15, -0.1) is 0 Å². The second kappa shape index (κ2) is 6.74. The smallest absolute Gasteiger partial charge is 0.407 e. The van der Waals surface area contributed by atoms with Gasteiger partial charge < -0.3 is 21.1 Å². The second-order valence-electron chi connectivity index (χ2n) is 5.56. The minimum atomic E-state index is -0.998. The Bertz CT molecular complexity index is 579. The van der Waals surface area contributed by atoms with Crippen molar-refractivity contribution in [2.45, 2.75) is 31.8 Å². The van der Waals surface area contributed by atoms with Crippen LogP contribution in [-0.2, 0) is 4.79 Å². The maximum absolute atomic E-state index is 13.3. The van der Waals surface area contributed by atoms with Crippen LogP contribution in [0, 0.1) is 12.7 Å². The maximum Gasteiger partial charge on any atom is 0.407 e. The van der Waals surface area contributed by atoms with Crippen LogP contribution >= 0.6 is 0 Å². The molecule has 0 spiro atoms. The van der Waals surface area contributed by atoms with Crippen molar-refractivity contribution >= 4 is 12.0 Å². The van der Waals surface area contributed by atoms with E-state index in [1.807, 2.05) is 0 Å². The number of carbonyl (C=O) groups is 2. The number of halogens is 1. The second-order valence-corrected chi connectivity index (χ2v) is 5.56. The van der Waals surface area contributed by atoms with E-state index in [4.69, 9.17) is 5.73 Å². The summed E-state index contributed by atoms with van der Waals surface area (Å²) in [7, 11) is 0. The molecule has 0 aromatic heterocycles. The van der Waals surface area contributed by atoms with Gasteiger partial charge in [-0.3, -0.25) is 4.79 Å². The molecular weight excluding hydrogens is 289 g/mol. The highest BCUT2D eigenvalue weighted by Gasteiger charge is 2.33. The summed E-state index contributed by atoms with van der Waals surface area (Å²) in [6, 6.07) is 4.00. The van der Waals surface area contributed by atoms with Gasteiger partial charge in [-0.1, -0.05) is 6.07 Å². The first kappa shape index (κ1) is 16.2. The van der Waals surface area contributed by atoms with Gasteiger partial charge >= 0.3 is 6.09 Å². The average Bonchev–Trinajstić information content (AvgIpc) is 2.44. The summed E-state index contributed by atoms with van der Waals surface area (Å²) in [5.74, 6) is -0.794. The number of benzene rings is 1. The molecular formula is C15H20FN3O3. The van der Waals surface area contributed by atoms with E-state index < -0.39 is 12.0 Å². The van der Waals surface area contributed by atoms with Crippen LogP contribution < -0.4 is 11.1 Å². The van der Waals surface area contributed by atoms with E-state index >= 15 is 0 Å². The number of carboxylic acid groups (broad SMARTS) is 1. The highest BCUT2D eigenvalue weighted by atomic mass is 19.1. The highest BCUT2D eigenvalue weighted by Crippen LogP contribution is 2.33. The highest BCUT2D eigenvalue weighted by molar-refractivity contribution is 5.75. The van der Waals surface area contributed by atoms with Gasteiger partial charge in [0.2, 0.25) is 5.91 Å². The quantitative estimate of drug-likeness (QED) is 0.783. The molecule has 1 aromatic carbocycles. The Morgan fingerprint density at radius 2 is 2.23 bits per heavy atom. The van der Waals surface area contributed by atoms with Gasteiger partial charge in [0.15, 0.2) is 0 Å². The first-order valence-electron chi connectivity index (χ1n) is 7.15. The van der Waals surface area contributed by atoms with E-state index in [1.54, 1.807) is 13.0 Å². The van der Waals surface area contributed by atoms with E-state index in [0.29, 0.717) is 24.9 Å². The molecule has 1 aliphatic rings. The Morgan fingerprint density at radius 1 is 1.50 bits per heavy atom. The molecule has 1 saturated heterocycles. The van der Waals surface area contributed by atoms with E-state index in [1.165, 1.54) is 17.0 Å². The first-order valence-corrected chi connectivity index (χ1v) is 7.15. The fourth-order valence-electron chi connectivity index (χ4n) is 2.93. The zero-order chi connectivity index (χ0) is 16.3. The van der Waals surface area contributed by atoms with Crippen LogP contribution in [-0.4, -0.2) is 41.1 Å². The maximum atomic E-state index is 13.3. The van der Waals surface area contributed by atoms with E-state index in [2.05, 4.69) is 5.32 Å². The monoisotopic (exact) mass is 309 g/mol. The largest absolute Gasteiger partial charge is 0.465 e. The number of piperidine rings is 1. The Labute approximate surface area is 128 Å². The zero-order valence-electron chi connectivity index (χ0n) is 12.4. The molecule has 1 aliphatic heterocycles. The lowest BCUT2D eigenvalue weighted by Crippen LogP contribution is -2.48. The van der Waals surface area contributed by atoms with Crippen molar-refractivity contribution in [2.24, 2.45) is 5.73 Å². The molecule has 2 rings (SSSR count). The summed E-state index contributed by atoms with van der Waals surface area (Å²) in [5.41, 5.74) is 6.63. The summed E-state index contributed by atoms with van der Waals surface area (Å²) in [6.07, 6.45) is 0.129. The number of primary amides is 1. The predicted octanol–water partition coefficient (Wildman–Crippen LogP) is 1.39. The number of aryl methyl sites for hydroxylation is 1. The molecule has 0 aliphatic carbocycles. The van der Waals surface area contributed by atoms with Crippen LogP contribution in [0.2, 0.25) is 0 Å². The molecule has 22 heavy (non-hydrogen) atoms. The van der Waals surface area contributed by atoms with Gasteiger partial charge in [-0.25, -0.2) is 9.18 Å². The molecule has 0 radical (unpaired) electrons. The molecule has 1 aromatic rings. The molecule has 0 bridgehead atoms. The van der Waals surface area contributed by atoms with E-state index in [9.17, 15) is 19.1 Å². The number of hydrogen-bond acceptors (Lipinski definition) is 3. The third-order valence-corrected chi connectivity index (χ3v) is 4.00. The van der Waals surface area contributed by atoms with Crippen LogP contribution in [0.25, 0.3) is 0 Å². The fourth-order valence-corrected chi connectivity index (χ4v) is 2.93. The Kier molecular flexibility index (Phi) is 4.97. The third kappa shape index (κ3) is 3.73. The lowest BCUT2D eigenvalue weighted by molar-refractivity contribution is -0.117. The van der Waals surface area contributed by atoms with Crippen LogP contribution in [0.5, 0.6) is 0 Å². The van der Waals surface area contributed by atoms with Crippen molar-refractivity contribution in [3.63, 3.8) is 0 Å². The molecule has 120 valence electrons. The normalized spacial score (nSPS) is 21.6. The minimum Gasteiger partial charge on any atom is -0.465 e. The van der Waals surface area contributed by atoms with Crippen LogP contribution in [0.15, 0.2) is 18.2 Å². The van der Waals surface area contributed by atoms with Crippen LogP contribution in [0.1, 0.15) is 30.0 Å². The molecule has 2 amide bonds. The molecule has 1 heterocycles. The van der Waals surface area contributed by atoms with Crippen molar-refractivity contribution < 1.29 is 19.1 Å². The van der Waals surface area contributed by atoms with Gasteiger partial charge in [0.05, 0.1) is 12.6 Å². The van der Waals surface area contributed by atoms with Crippen LogP contribution in [0.4, 0.5) is 9.18 Å². The third-order valence-electron chi connectivity index (χ3n) is 4.00. The number of amides is 2. The number of likely N-dealkylation sites (tertiary alicyclic amines) is 1. The molecule has 0 unspecified atom stereocenters. The molecule has 1 fully saturated rings. The van der Waals surface area contributed by atoms with Gasteiger partial charge in [0, 0.05) is 12.6 Å². The number of hydrogen-bond donors (Lipinski definition) is 3. The van der Waals surface area contributed by atoms with Crippen molar-refractivity contribution in [2.75, 3.05) is 13.1 Å². The van der Waals surface area contributed by atoms with Gasteiger partial charge in [0.25, 0.3) is 0 Å². The lowest BCUT2D eigenvalue weighted by Gasteiger charge is -2.39. The summed E-state index contributed by atoms with van der Waals surface area (Å²) in [4.78, 5) is 23.7. The predicted molar refractivity (Wildman–Crippen MR) is 78.8 cm³/mol. The van der Waals surface area contributed by atoms with Crippen molar-refractivity contribution in [3.05, 3.63) is 35.1 Å². The zero-order valence-corrected chi connectivity index (χ0v) is 12.4. The number of carbonyl (C=O) groups excluding carboxylic acids is 1. The Balaban J connectivity index is 2.21. The molecule has 4 N–H and O–H groups in total. The first-order chi connectivity index (χ1) is 10.4. The van der Waals surface area contributed by atoms with Crippen molar-refractivity contribution in [3.8, 4) is 0 Å². The summed E-state index contributed by atoms with van der Waals surface area (Å²) >= 11 is 0. The SMILES string of the molecule is Cc1cc(F)ccc1[C@H]1C[C@H](NCC(N)=O)CCN1C(=O)O. The molecule has 7 heteroatoms. The van der Waals surface area contributed by atoms with E-state index in [-0.39, 0.29) is 24.4 Å². The number of nitrogens with two attached hydrogens (primary N) is 1. The van der Waals surface area contributed by atoms with Crippen LogP contribution in [0.3, 0.4) is 0 Å². The minimum absolute atomic E-state index is 0.00227.